The molecule has 1 amide bonds. The predicted molar refractivity (Wildman–Crippen MR) is 58.0 cm³/mol. The van der Waals surface area contributed by atoms with Crippen LogP contribution in [0.1, 0.15) is 39.5 Å². The van der Waals surface area contributed by atoms with Crippen LogP contribution in [0.3, 0.4) is 0 Å². The van der Waals surface area contributed by atoms with E-state index < -0.39 is 0 Å². The third-order valence-corrected chi connectivity index (χ3v) is 4.42. The Morgan fingerprint density at radius 2 is 2.23 bits per heavy atom. The summed E-state index contributed by atoms with van der Waals surface area (Å²) in [6.45, 7) is 3.87. The van der Waals surface area contributed by atoms with Crippen LogP contribution in [0.4, 0.5) is 0 Å². The Balaban J connectivity index is 2.61. The van der Waals surface area contributed by atoms with Crippen molar-refractivity contribution in [2.24, 2.45) is 0 Å². The number of carbonyl (C=O) groups is 1. The molecule has 3 heteroatoms. The van der Waals surface area contributed by atoms with E-state index in [0.717, 1.165) is 6.42 Å². The SMILES string of the molecule is CSC1(C)CCCCC1NC(C)=O. The highest BCUT2D eigenvalue weighted by atomic mass is 32.2. The first-order valence-electron chi connectivity index (χ1n) is 4.91. The van der Waals surface area contributed by atoms with Gasteiger partial charge in [-0.3, -0.25) is 4.79 Å². The quantitative estimate of drug-likeness (QED) is 0.742. The molecule has 2 nitrogen and oxygen atoms in total. The van der Waals surface area contributed by atoms with Gasteiger partial charge in [-0.1, -0.05) is 12.8 Å². The molecule has 0 aromatic rings. The summed E-state index contributed by atoms with van der Waals surface area (Å²) in [5.41, 5.74) is 0. The Labute approximate surface area is 84.9 Å². The maximum Gasteiger partial charge on any atom is 0.217 e. The van der Waals surface area contributed by atoms with Gasteiger partial charge in [0.1, 0.15) is 0 Å². The van der Waals surface area contributed by atoms with Crippen molar-refractivity contribution in [2.45, 2.75) is 50.3 Å². The largest absolute Gasteiger partial charge is 0.352 e. The van der Waals surface area contributed by atoms with E-state index in [1.807, 2.05) is 11.8 Å². The predicted octanol–water partition coefficient (Wildman–Crippen LogP) is 2.19. The van der Waals surface area contributed by atoms with Gasteiger partial charge >= 0.3 is 0 Å². The summed E-state index contributed by atoms with van der Waals surface area (Å²) in [6, 6.07) is 0.369. The third kappa shape index (κ3) is 2.63. The monoisotopic (exact) mass is 201 g/mol. The van der Waals surface area contributed by atoms with Crippen LogP contribution in [0.25, 0.3) is 0 Å². The van der Waals surface area contributed by atoms with Gasteiger partial charge in [0.05, 0.1) is 0 Å². The molecule has 2 unspecified atom stereocenters. The fourth-order valence-corrected chi connectivity index (χ4v) is 2.83. The molecule has 13 heavy (non-hydrogen) atoms. The molecule has 1 aliphatic carbocycles. The van der Waals surface area contributed by atoms with E-state index in [1.165, 1.54) is 19.3 Å². The molecule has 1 fully saturated rings. The Kier molecular flexibility index (Phi) is 3.65. The Bertz CT molecular complexity index is 195. The summed E-state index contributed by atoms with van der Waals surface area (Å²) >= 11 is 1.88. The maximum atomic E-state index is 11.0. The van der Waals surface area contributed by atoms with Crippen molar-refractivity contribution in [1.29, 1.82) is 0 Å². The van der Waals surface area contributed by atoms with E-state index in [4.69, 9.17) is 0 Å². The molecule has 0 heterocycles. The molecule has 0 aromatic carbocycles. The zero-order valence-corrected chi connectivity index (χ0v) is 9.54. The second-order valence-corrected chi connectivity index (χ2v) is 5.36. The molecule has 0 aromatic heterocycles. The fraction of sp³-hybridized carbons (Fsp3) is 0.900. The summed E-state index contributed by atoms with van der Waals surface area (Å²) in [5, 5.41) is 3.06. The zero-order chi connectivity index (χ0) is 9.90. The lowest BCUT2D eigenvalue weighted by Crippen LogP contribution is -2.50. The van der Waals surface area contributed by atoms with E-state index in [9.17, 15) is 4.79 Å². The van der Waals surface area contributed by atoms with Crippen LogP contribution >= 0.6 is 11.8 Å². The number of thioether (sulfide) groups is 1. The molecule has 76 valence electrons. The van der Waals surface area contributed by atoms with Crippen LogP contribution in [-0.2, 0) is 4.79 Å². The van der Waals surface area contributed by atoms with Gasteiger partial charge in [0, 0.05) is 17.7 Å². The van der Waals surface area contributed by atoms with Crippen molar-refractivity contribution in [3.63, 3.8) is 0 Å². The Morgan fingerprint density at radius 3 is 2.77 bits per heavy atom. The van der Waals surface area contributed by atoms with Gasteiger partial charge in [-0.15, -0.1) is 0 Å². The summed E-state index contributed by atoms with van der Waals surface area (Å²) in [7, 11) is 0. The highest BCUT2D eigenvalue weighted by Gasteiger charge is 2.36. The lowest BCUT2D eigenvalue weighted by atomic mass is 9.85. The van der Waals surface area contributed by atoms with Gasteiger partial charge < -0.3 is 5.32 Å². The first kappa shape index (κ1) is 10.9. The molecule has 0 spiro atoms. The highest BCUT2D eigenvalue weighted by Crippen LogP contribution is 2.38. The first-order valence-corrected chi connectivity index (χ1v) is 6.13. The molecule has 1 saturated carbocycles. The minimum absolute atomic E-state index is 0.104. The minimum atomic E-state index is 0.104. The average molecular weight is 201 g/mol. The number of hydrogen-bond donors (Lipinski definition) is 1. The van der Waals surface area contributed by atoms with Crippen molar-refractivity contribution in [1.82, 2.24) is 5.32 Å². The topological polar surface area (TPSA) is 29.1 Å². The summed E-state index contributed by atoms with van der Waals surface area (Å²) in [6.07, 6.45) is 7.05. The molecule has 1 aliphatic rings. The second-order valence-electron chi connectivity index (χ2n) is 4.02. The maximum absolute atomic E-state index is 11.0. The van der Waals surface area contributed by atoms with Crippen molar-refractivity contribution in [3.8, 4) is 0 Å². The molecule has 2 atom stereocenters. The molecular formula is C10H19NOS. The molecule has 0 aliphatic heterocycles. The molecule has 1 N–H and O–H groups in total. The lowest BCUT2D eigenvalue weighted by molar-refractivity contribution is -0.120. The summed E-state index contributed by atoms with van der Waals surface area (Å²) in [4.78, 5) is 11.0. The average Bonchev–Trinajstić information content (AvgIpc) is 2.09. The molecule has 1 rings (SSSR count). The van der Waals surface area contributed by atoms with Gasteiger partial charge in [-0.05, 0) is 26.0 Å². The van der Waals surface area contributed by atoms with Crippen molar-refractivity contribution >= 4 is 17.7 Å². The van der Waals surface area contributed by atoms with E-state index in [2.05, 4.69) is 18.5 Å². The molecular weight excluding hydrogens is 182 g/mol. The smallest absolute Gasteiger partial charge is 0.217 e. The first-order chi connectivity index (χ1) is 6.08. The van der Waals surface area contributed by atoms with Crippen molar-refractivity contribution < 1.29 is 4.79 Å². The highest BCUT2D eigenvalue weighted by molar-refractivity contribution is 8.00. The second kappa shape index (κ2) is 4.36. The number of amides is 1. The Morgan fingerprint density at radius 1 is 1.54 bits per heavy atom. The molecule has 0 saturated heterocycles. The van der Waals surface area contributed by atoms with Crippen LogP contribution < -0.4 is 5.32 Å². The van der Waals surface area contributed by atoms with Crippen molar-refractivity contribution in [2.75, 3.05) is 6.26 Å². The van der Waals surface area contributed by atoms with E-state index in [1.54, 1.807) is 6.92 Å². The fourth-order valence-electron chi connectivity index (χ4n) is 2.02. The van der Waals surface area contributed by atoms with Crippen LogP contribution in [0, 0.1) is 0 Å². The van der Waals surface area contributed by atoms with Crippen molar-refractivity contribution in [3.05, 3.63) is 0 Å². The summed E-state index contributed by atoms with van der Waals surface area (Å²) in [5.74, 6) is 0.104. The number of carbonyl (C=O) groups excluding carboxylic acids is 1. The van der Waals surface area contributed by atoms with Crippen LogP contribution in [0.2, 0.25) is 0 Å². The minimum Gasteiger partial charge on any atom is -0.352 e. The van der Waals surface area contributed by atoms with Crippen LogP contribution in [0.5, 0.6) is 0 Å². The van der Waals surface area contributed by atoms with Gasteiger partial charge in [0.2, 0.25) is 5.91 Å². The van der Waals surface area contributed by atoms with Gasteiger partial charge in [-0.25, -0.2) is 0 Å². The zero-order valence-electron chi connectivity index (χ0n) is 8.72. The number of nitrogens with one attached hydrogen (secondary N) is 1. The lowest BCUT2D eigenvalue weighted by Gasteiger charge is -2.40. The van der Waals surface area contributed by atoms with E-state index >= 15 is 0 Å². The van der Waals surface area contributed by atoms with E-state index in [0.29, 0.717) is 6.04 Å². The summed E-state index contributed by atoms with van der Waals surface area (Å²) < 4.78 is 0.254. The van der Waals surface area contributed by atoms with E-state index in [-0.39, 0.29) is 10.7 Å². The van der Waals surface area contributed by atoms with Gasteiger partial charge in [0.25, 0.3) is 0 Å². The van der Waals surface area contributed by atoms with Gasteiger partial charge in [-0.2, -0.15) is 11.8 Å². The normalized spacial score (nSPS) is 34.2. The third-order valence-electron chi connectivity index (χ3n) is 3.00. The van der Waals surface area contributed by atoms with Gasteiger partial charge in [0.15, 0.2) is 0 Å². The van der Waals surface area contributed by atoms with Crippen LogP contribution in [0.15, 0.2) is 0 Å². The molecule has 0 bridgehead atoms. The standard InChI is InChI=1S/C10H19NOS/c1-8(12)11-9-6-4-5-7-10(9,2)13-3/h9H,4-7H2,1-3H3,(H,11,12). The number of hydrogen-bond acceptors (Lipinski definition) is 2. The van der Waals surface area contributed by atoms with Crippen LogP contribution in [-0.4, -0.2) is 23.0 Å². The Hall–Kier alpha value is -0.180. The number of rotatable bonds is 2. The molecule has 0 radical (unpaired) electrons.